The number of rotatable bonds is 5. The first-order valence-electron chi connectivity index (χ1n) is 9.07. The molecule has 1 aliphatic carbocycles. The van der Waals surface area contributed by atoms with Crippen LogP contribution in [0.3, 0.4) is 0 Å². The van der Waals surface area contributed by atoms with Crippen molar-refractivity contribution in [2.24, 2.45) is 0 Å². The van der Waals surface area contributed by atoms with Crippen LogP contribution < -0.4 is 14.8 Å². The molecule has 0 fully saturated rings. The van der Waals surface area contributed by atoms with Gasteiger partial charge in [0.05, 0.1) is 13.7 Å². The van der Waals surface area contributed by atoms with Crippen molar-refractivity contribution < 1.29 is 14.3 Å². The van der Waals surface area contributed by atoms with E-state index in [0.717, 1.165) is 42.9 Å². The molecule has 1 N–H and O–H groups in total. The standard InChI is InChI=1S/C22H23NO3/c1-14(24)23-11-9-17-19(16-5-3-4-6-20(16)25-2)13-15-7-8-21-18(22(15)17)10-12-26-21/h3-8H,9-13H2,1-2H3,(H,23,24). The fourth-order valence-corrected chi connectivity index (χ4v) is 4.09. The third-order valence-electron chi connectivity index (χ3n) is 5.18. The van der Waals surface area contributed by atoms with Crippen LogP contribution in [0, 0.1) is 0 Å². The van der Waals surface area contributed by atoms with Crippen LogP contribution in [-0.2, 0) is 17.6 Å². The number of methoxy groups -OCH3 is 1. The minimum Gasteiger partial charge on any atom is -0.496 e. The topological polar surface area (TPSA) is 47.6 Å². The lowest BCUT2D eigenvalue weighted by Gasteiger charge is -2.14. The number of hydrogen-bond donors (Lipinski definition) is 1. The fraction of sp³-hybridized carbons (Fsp3) is 0.318. The molecule has 2 aromatic rings. The highest BCUT2D eigenvalue weighted by Gasteiger charge is 2.29. The molecule has 0 saturated heterocycles. The molecule has 26 heavy (non-hydrogen) atoms. The highest BCUT2D eigenvalue weighted by Crippen LogP contribution is 2.47. The maximum absolute atomic E-state index is 11.3. The lowest BCUT2D eigenvalue weighted by atomic mass is 9.93. The number of carbonyl (C=O) groups is 1. The van der Waals surface area contributed by atoms with Gasteiger partial charge in [-0.2, -0.15) is 0 Å². The first-order valence-corrected chi connectivity index (χ1v) is 9.07. The molecular formula is C22H23NO3. The third-order valence-corrected chi connectivity index (χ3v) is 5.18. The molecule has 0 aromatic heterocycles. The van der Waals surface area contributed by atoms with Crippen molar-refractivity contribution in [3.8, 4) is 11.5 Å². The normalized spacial score (nSPS) is 14.7. The van der Waals surface area contributed by atoms with E-state index in [1.807, 2.05) is 18.2 Å². The predicted octanol–water partition coefficient (Wildman–Crippen LogP) is 3.62. The number of ether oxygens (including phenoxy) is 2. The van der Waals surface area contributed by atoms with Crippen molar-refractivity contribution in [3.63, 3.8) is 0 Å². The van der Waals surface area contributed by atoms with Crippen molar-refractivity contribution >= 4 is 17.1 Å². The van der Waals surface area contributed by atoms with E-state index in [9.17, 15) is 4.79 Å². The van der Waals surface area contributed by atoms with Crippen LogP contribution in [0.1, 0.15) is 35.6 Å². The summed E-state index contributed by atoms with van der Waals surface area (Å²) in [5.41, 5.74) is 7.71. The van der Waals surface area contributed by atoms with Crippen molar-refractivity contribution in [1.82, 2.24) is 5.32 Å². The Morgan fingerprint density at radius 3 is 2.88 bits per heavy atom. The monoisotopic (exact) mass is 349 g/mol. The number of allylic oxidation sites excluding steroid dienone is 1. The molecule has 0 saturated carbocycles. The van der Waals surface area contributed by atoms with Gasteiger partial charge in [-0.05, 0) is 47.2 Å². The van der Waals surface area contributed by atoms with E-state index in [4.69, 9.17) is 9.47 Å². The van der Waals surface area contributed by atoms with Crippen molar-refractivity contribution in [3.05, 3.63) is 58.7 Å². The minimum atomic E-state index is 0.00397. The van der Waals surface area contributed by atoms with Crippen LogP contribution in [0.4, 0.5) is 0 Å². The van der Waals surface area contributed by atoms with Gasteiger partial charge in [-0.25, -0.2) is 0 Å². The van der Waals surface area contributed by atoms with Gasteiger partial charge in [0, 0.05) is 31.0 Å². The summed E-state index contributed by atoms with van der Waals surface area (Å²) in [7, 11) is 1.71. The number of benzene rings is 2. The molecule has 0 spiro atoms. The molecular weight excluding hydrogens is 326 g/mol. The van der Waals surface area contributed by atoms with Crippen molar-refractivity contribution in [2.75, 3.05) is 20.3 Å². The van der Waals surface area contributed by atoms with E-state index in [1.54, 1.807) is 14.0 Å². The Morgan fingerprint density at radius 1 is 1.23 bits per heavy atom. The maximum atomic E-state index is 11.3. The number of hydrogen-bond acceptors (Lipinski definition) is 3. The third kappa shape index (κ3) is 2.85. The largest absolute Gasteiger partial charge is 0.496 e. The second-order valence-corrected chi connectivity index (χ2v) is 6.74. The number of para-hydroxylation sites is 1. The minimum absolute atomic E-state index is 0.00397. The number of fused-ring (bicyclic) bond motifs is 3. The van der Waals surface area contributed by atoms with Crippen LogP contribution in [-0.4, -0.2) is 26.2 Å². The number of nitrogens with one attached hydrogen (secondary N) is 1. The number of carbonyl (C=O) groups excluding carboxylic acids is 1. The highest BCUT2D eigenvalue weighted by molar-refractivity contribution is 5.99. The molecule has 134 valence electrons. The molecule has 1 aliphatic heterocycles. The molecule has 4 nitrogen and oxygen atoms in total. The van der Waals surface area contributed by atoms with Crippen LogP contribution >= 0.6 is 0 Å². The maximum Gasteiger partial charge on any atom is 0.216 e. The second-order valence-electron chi connectivity index (χ2n) is 6.74. The Hall–Kier alpha value is -2.75. The molecule has 1 amide bonds. The quantitative estimate of drug-likeness (QED) is 0.897. The first kappa shape index (κ1) is 16.7. The first-order chi connectivity index (χ1) is 12.7. The molecule has 4 heteroatoms. The van der Waals surface area contributed by atoms with Crippen molar-refractivity contribution in [2.45, 2.75) is 26.2 Å². The van der Waals surface area contributed by atoms with Crippen LogP contribution in [0.15, 0.2) is 36.4 Å². The van der Waals surface area contributed by atoms with E-state index in [2.05, 4.69) is 23.5 Å². The SMILES string of the molecule is COc1ccccc1C1=C(CCNC(C)=O)c2c(ccc3c2CCO3)C1. The van der Waals surface area contributed by atoms with Gasteiger partial charge >= 0.3 is 0 Å². The average molecular weight is 349 g/mol. The lowest BCUT2D eigenvalue weighted by molar-refractivity contribution is -0.118. The lowest BCUT2D eigenvalue weighted by Crippen LogP contribution is -2.21. The molecule has 0 atom stereocenters. The van der Waals surface area contributed by atoms with Crippen LogP contribution in [0.25, 0.3) is 11.1 Å². The zero-order valence-corrected chi connectivity index (χ0v) is 15.2. The smallest absolute Gasteiger partial charge is 0.216 e. The van der Waals surface area contributed by atoms with Gasteiger partial charge in [-0.3, -0.25) is 4.79 Å². The highest BCUT2D eigenvalue weighted by atomic mass is 16.5. The second kappa shape index (κ2) is 6.87. The van der Waals surface area contributed by atoms with E-state index in [1.165, 1.54) is 27.8 Å². The summed E-state index contributed by atoms with van der Waals surface area (Å²) >= 11 is 0. The van der Waals surface area contributed by atoms with Gasteiger partial charge in [-0.15, -0.1) is 0 Å². The molecule has 0 radical (unpaired) electrons. The van der Waals surface area contributed by atoms with E-state index in [0.29, 0.717) is 6.54 Å². The molecule has 2 aliphatic rings. The summed E-state index contributed by atoms with van der Waals surface area (Å²) in [6, 6.07) is 12.4. The number of amides is 1. The zero-order valence-electron chi connectivity index (χ0n) is 15.2. The Kier molecular flexibility index (Phi) is 4.41. The summed E-state index contributed by atoms with van der Waals surface area (Å²) in [6.45, 7) is 2.94. The molecule has 2 aromatic carbocycles. The van der Waals surface area contributed by atoms with E-state index in [-0.39, 0.29) is 5.91 Å². The van der Waals surface area contributed by atoms with E-state index >= 15 is 0 Å². The van der Waals surface area contributed by atoms with Gasteiger partial charge in [0.2, 0.25) is 5.91 Å². The molecule has 0 unspecified atom stereocenters. The van der Waals surface area contributed by atoms with E-state index < -0.39 is 0 Å². The zero-order chi connectivity index (χ0) is 18.1. The van der Waals surface area contributed by atoms with Crippen LogP contribution in [0.2, 0.25) is 0 Å². The summed E-state index contributed by atoms with van der Waals surface area (Å²) in [5, 5.41) is 2.94. The summed E-state index contributed by atoms with van der Waals surface area (Å²) < 4.78 is 11.4. The van der Waals surface area contributed by atoms with Crippen molar-refractivity contribution in [1.29, 1.82) is 0 Å². The fourth-order valence-electron chi connectivity index (χ4n) is 4.09. The molecule has 4 rings (SSSR count). The summed E-state index contributed by atoms with van der Waals surface area (Å²) in [6.07, 6.45) is 2.64. The average Bonchev–Trinajstić information content (AvgIpc) is 3.25. The van der Waals surface area contributed by atoms with Gasteiger partial charge in [0.1, 0.15) is 11.5 Å². The van der Waals surface area contributed by atoms with Gasteiger partial charge < -0.3 is 14.8 Å². The van der Waals surface area contributed by atoms with Gasteiger partial charge in [-0.1, -0.05) is 24.3 Å². The van der Waals surface area contributed by atoms with Gasteiger partial charge in [0.15, 0.2) is 0 Å². The Labute approximate surface area is 153 Å². The molecule has 0 bridgehead atoms. The summed E-state index contributed by atoms with van der Waals surface area (Å²) in [4.78, 5) is 11.3. The molecule has 1 heterocycles. The Bertz CT molecular complexity index is 898. The van der Waals surface area contributed by atoms with Gasteiger partial charge in [0.25, 0.3) is 0 Å². The van der Waals surface area contributed by atoms with Crippen LogP contribution in [0.5, 0.6) is 11.5 Å². The Balaban J connectivity index is 1.82. The summed E-state index contributed by atoms with van der Waals surface area (Å²) in [5.74, 6) is 1.89. The predicted molar refractivity (Wildman–Crippen MR) is 102 cm³/mol. The Morgan fingerprint density at radius 2 is 2.08 bits per heavy atom.